The van der Waals surface area contributed by atoms with E-state index in [0.717, 1.165) is 5.52 Å². The van der Waals surface area contributed by atoms with Crippen molar-refractivity contribution in [2.45, 2.75) is 0 Å². The summed E-state index contributed by atoms with van der Waals surface area (Å²) in [6.07, 6.45) is 0. The molecular formula is C23H17FN2O3. The number of H-pyrrole nitrogens is 1. The van der Waals surface area contributed by atoms with E-state index in [1.54, 1.807) is 49.5 Å². The number of carbonyl (C=O) groups is 2. The molecule has 3 aromatic carbocycles. The highest BCUT2D eigenvalue weighted by atomic mass is 19.1. The van der Waals surface area contributed by atoms with Crippen molar-refractivity contribution in [2.24, 2.45) is 0 Å². The predicted molar refractivity (Wildman–Crippen MR) is 109 cm³/mol. The van der Waals surface area contributed by atoms with Gasteiger partial charge in [0, 0.05) is 18.0 Å². The monoisotopic (exact) mass is 388 g/mol. The molecule has 3 N–H and O–H groups in total. The van der Waals surface area contributed by atoms with E-state index in [9.17, 15) is 19.1 Å². The molecule has 1 heterocycles. The number of aromatic carboxylic acids is 1. The number of benzene rings is 3. The van der Waals surface area contributed by atoms with Crippen LogP contribution in [0.5, 0.6) is 0 Å². The number of carbonyl (C=O) groups excluding carboxylic acids is 1. The second-order valence-electron chi connectivity index (χ2n) is 6.57. The molecule has 0 bridgehead atoms. The number of hydrogen-bond acceptors (Lipinski definition) is 2. The smallest absolute Gasteiger partial charge is 0.336 e. The first-order valence-corrected chi connectivity index (χ1v) is 8.96. The Balaban J connectivity index is 1.97. The molecule has 0 aliphatic heterocycles. The Morgan fingerprint density at radius 2 is 1.66 bits per heavy atom. The van der Waals surface area contributed by atoms with E-state index >= 15 is 0 Å². The Morgan fingerprint density at radius 1 is 0.966 bits per heavy atom. The number of aromatic amines is 1. The van der Waals surface area contributed by atoms with E-state index in [1.807, 2.05) is 12.1 Å². The summed E-state index contributed by atoms with van der Waals surface area (Å²) in [6.45, 7) is 0. The molecule has 5 nitrogen and oxygen atoms in total. The first kappa shape index (κ1) is 18.4. The third-order valence-electron chi connectivity index (χ3n) is 4.85. The second-order valence-corrected chi connectivity index (χ2v) is 6.57. The number of fused-ring (bicyclic) bond motifs is 1. The lowest BCUT2D eigenvalue weighted by Gasteiger charge is -2.07. The normalized spacial score (nSPS) is 10.8. The van der Waals surface area contributed by atoms with Gasteiger partial charge >= 0.3 is 5.97 Å². The Hall–Kier alpha value is -3.93. The number of halogens is 1. The van der Waals surface area contributed by atoms with Gasteiger partial charge in [-0.05, 0) is 59.2 Å². The minimum atomic E-state index is -1.02. The van der Waals surface area contributed by atoms with Crippen LogP contribution in [0.25, 0.3) is 33.3 Å². The van der Waals surface area contributed by atoms with Crippen LogP contribution < -0.4 is 5.32 Å². The lowest BCUT2D eigenvalue weighted by Crippen LogP contribution is -2.18. The molecular weight excluding hydrogens is 371 g/mol. The maximum atomic E-state index is 13.3. The van der Waals surface area contributed by atoms with Crippen molar-refractivity contribution in [3.05, 3.63) is 83.7 Å². The highest BCUT2D eigenvalue weighted by Crippen LogP contribution is 2.34. The molecule has 29 heavy (non-hydrogen) atoms. The summed E-state index contributed by atoms with van der Waals surface area (Å²) in [5, 5.41) is 12.8. The van der Waals surface area contributed by atoms with E-state index in [1.165, 1.54) is 12.1 Å². The molecule has 0 aliphatic carbocycles. The number of aromatic nitrogens is 1. The van der Waals surface area contributed by atoms with Gasteiger partial charge in [-0.3, -0.25) is 4.79 Å². The molecule has 0 spiro atoms. The van der Waals surface area contributed by atoms with Gasteiger partial charge in [-0.1, -0.05) is 24.3 Å². The number of hydrogen-bond donors (Lipinski definition) is 3. The van der Waals surface area contributed by atoms with Crippen LogP contribution in [-0.4, -0.2) is 29.0 Å². The molecule has 0 atom stereocenters. The van der Waals surface area contributed by atoms with Crippen LogP contribution >= 0.6 is 0 Å². The van der Waals surface area contributed by atoms with Crippen LogP contribution in [0.1, 0.15) is 20.7 Å². The van der Waals surface area contributed by atoms with Crippen molar-refractivity contribution in [2.75, 3.05) is 7.05 Å². The third-order valence-corrected chi connectivity index (χ3v) is 4.85. The molecule has 0 saturated heterocycles. The Bertz CT molecular complexity index is 1240. The zero-order chi connectivity index (χ0) is 20.5. The summed E-state index contributed by atoms with van der Waals surface area (Å²) < 4.78 is 13.3. The van der Waals surface area contributed by atoms with Crippen LogP contribution in [0.4, 0.5) is 4.39 Å². The molecule has 1 amide bonds. The fourth-order valence-corrected chi connectivity index (χ4v) is 3.47. The fourth-order valence-electron chi connectivity index (χ4n) is 3.47. The third kappa shape index (κ3) is 3.25. The average molecular weight is 388 g/mol. The number of nitrogens with one attached hydrogen (secondary N) is 2. The second kappa shape index (κ2) is 7.24. The first-order chi connectivity index (χ1) is 14.0. The van der Waals surface area contributed by atoms with E-state index in [-0.39, 0.29) is 17.3 Å². The lowest BCUT2D eigenvalue weighted by atomic mass is 9.97. The Morgan fingerprint density at radius 3 is 2.34 bits per heavy atom. The standard InChI is InChI=1S/C23H17FN2O3/c1-25-22(27)20-18-12-14(16-4-2-3-5-17(16)23(28)29)8-11-19(18)26-21(20)13-6-9-15(24)10-7-13/h2-12,26H,1H3,(H,25,27)(H,28,29). The van der Waals surface area contributed by atoms with Crippen LogP contribution in [0.15, 0.2) is 66.7 Å². The molecule has 6 heteroatoms. The van der Waals surface area contributed by atoms with Crippen molar-refractivity contribution >= 4 is 22.8 Å². The van der Waals surface area contributed by atoms with Crippen LogP contribution in [-0.2, 0) is 0 Å². The molecule has 0 radical (unpaired) electrons. The zero-order valence-corrected chi connectivity index (χ0v) is 15.5. The summed E-state index contributed by atoms with van der Waals surface area (Å²) >= 11 is 0. The summed E-state index contributed by atoms with van der Waals surface area (Å²) in [4.78, 5) is 27.5. The van der Waals surface area contributed by atoms with Crippen LogP contribution in [0.3, 0.4) is 0 Å². The van der Waals surface area contributed by atoms with E-state index < -0.39 is 5.97 Å². The maximum absolute atomic E-state index is 13.3. The van der Waals surface area contributed by atoms with Crippen molar-refractivity contribution in [1.29, 1.82) is 0 Å². The van der Waals surface area contributed by atoms with Gasteiger partial charge < -0.3 is 15.4 Å². The highest BCUT2D eigenvalue weighted by Gasteiger charge is 2.20. The van der Waals surface area contributed by atoms with E-state index in [4.69, 9.17) is 0 Å². The van der Waals surface area contributed by atoms with Gasteiger partial charge in [0.15, 0.2) is 0 Å². The molecule has 0 aliphatic rings. The number of carboxylic acid groups (broad SMARTS) is 1. The van der Waals surface area contributed by atoms with Crippen molar-refractivity contribution in [1.82, 2.24) is 10.3 Å². The number of amides is 1. The summed E-state index contributed by atoms with van der Waals surface area (Å²) in [5.74, 6) is -1.67. The van der Waals surface area contributed by atoms with Crippen LogP contribution in [0.2, 0.25) is 0 Å². The molecule has 0 saturated carbocycles. The van der Waals surface area contributed by atoms with E-state index in [2.05, 4.69) is 10.3 Å². The average Bonchev–Trinajstić information content (AvgIpc) is 3.12. The quantitative estimate of drug-likeness (QED) is 0.474. The van der Waals surface area contributed by atoms with Gasteiger partial charge in [-0.15, -0.1) is 0 Å². The Kier molecular flexibility index (Phi) is 4.60. The molecule has 0 fully saturated rings. The zero-order valence-electron chi connectivity index (χ0n) is 15.5. The molecule has 4 rings (SSSR count). The lowest BCUT2D eigenvalue weighted by molar-refractivity contribution is 0.0697. The number of rotatable bonds is 4. The van der Waals surface area contributed by atoms with Gasteiger partial charge in [0.05, 0.1) is 16.8 Å². The van der Waals surface area contributed by atoms with Gasteiger partial charge in [0.1, 0.15) is 5.82 Å². The predicted octanol–water partition coefficient (Wildman–Crippen LogP) is 4.70. The molecule has 1 aromatic heterocycles. The topological polar surface area (TPSA) is 82.2 Å². The Labute approximate surface area is 165 Å². The maximum Gasteiger partial charge on any atom is 0.336 e. The fraction of sp³-hybridized carbons (Fsp3) is 0.0435. The van der Waals surface area contributed by atoms with E-state index in [0.29, 0.717) is 33.3 Å². The number of carboxylic acids is 1. The van der Waals surface area contributed by atoms with Gasteiger partial charge in [0.25, 0.3) is 5.91 Å². The van der Waals surface area contributed by atoms with Crippen molar-refractivity contribution in [3.63, 3.8) is 0 Å². The largest absolute Gasteiger partial charge is 0.478 e. The molecule has 0 unspecified atom stereocenters. The SMILES string of the molecule is CNC(=O)c1c(-c2ccc(F)cc2)[nH]c2ccc(-c3ccccc3C(=O)O)cc12. The van der Waals surface area contributed by atoms with Gasteiger partial charge in [-0.25, -0.2) is 9.18 Å². The van der Waals surface area contributed by atoms with Crippen molar-refractivity contribution < 1.29 is 19.1 Å². The molecule has 4 aromatic rings. The summed E-state index contributed by atoms with van der Waals surface area (Å²) in [6, 6.07) is 18.0. The molecule has 144 valence electrons. The summed E-state index contributed by atoms with van der Waals surface area (Å²) in [7, 11) is 1.54. The highest BCUT2D eigenvalue weighted by molar-refractivity contribution is 6.13. The van der Waals surface area contributed by atoms with Gasteiger partial charge in [0.2, 0.25) is 0 Å². The van der Waals surface area contributed by atoms with Crippen LogP contribution in [0, 0.1) is 5.82 Å². The van der Waals surface area contributed by atoms with Gasteiger partial charge in [-0.2, -0.15) is 0 Å². The first-order valence-electron chi connectivity index (χ1n) is 8.96. The minimum Gasteiger partial charge on any atom is -0.478 e. The van der Waals surface area contributed by atoms with Crippen molar-refractivity contribution in [3.8, 4) is 22.4 Å². The minimum absolute atomic E-state index is 0.183. The summed E-state index contributed by atoms with van der Waals surface area (Å²) in [5.41, 5.74) is 3.82.